The van der Waals surface area contributed by atoms with Gasteiger partial charge in [-0.2, -0.15) is 0 Å². The minimum absolute atomic E-state index is 0.327. The average molecular weight is 254 g/mol. The van der Waals surface area contributed by atoms with Crippen molar-refractivity contribution in [1.82, 2.24) is 10.3 Å². The minimum Gasteiger partial charge on any atom is -0.307 e. The fraction of sp³-hybridized carbons (Fsp3) is 0.353. The molecule has 0 bridgehead atoms. The number of hydrogen-bond acceptors (Lipinski definition) is 2. The zero-order valence-electron chi connectivity index (χ0n) is 11.9. The minimum atomic E-state index is 0.327. The fourth-order valence-electron chi connectivity index (χ4n) is 2.38. The molecule has 0 spiro atoms. The van der Waals surface area contributed by atoms with Crippen LogP contribution >= 0.6 is 0 Å². The lowest BCUT2D eigenvalue weighted by molar-refractivity contribution is 0.476. The SMILES string of the molecule is Cc1ccccc1CC(C)NC(C)c1cccnc1. The van der Waals surface area contributed by atoms with Crippen molar-refractivity contribution in [3.05, 3.63) is 65.5 Å². The Labute approximate surface area is 115 Å². The molecule has 2 aromatic rings. The van der Waals surface area contributed by atoms with Crippen LogP contribution in [0.25, 0.3) is 0 Å². The van der Waals surface area contributed by atoms with Gasteiger partial charge in [0.2, 0.25) is 0 Å². The molecule has 2 atom stereocenters. The van der Waals surface area contributed by atoms with E-state index in [-0.39, 0.29) is 0 Å². The van der Waals surface area contributed by atoms with Crippen LogP contribution in [0.3, 0.4) is 0 Å². The molecule has 1 aromatic heterocycles. The van der Waals surface area contributed by atoms with Gasteiger partial charge in [0, 0.05) is 24.5 Å². The van der Waals surface area contributed by atoms with Crippen LogP contribution in [0.15, 0.2) is 48.8 Å². The summed E-state index contributed by atoms with van der Waals surface area (Å²) in [6.07, 6.45) is 4.79. The Morgan fingerprint density at radius 3 is 2.58 bits per heavy atom. The maximum absolute atomic E-state index is 4.17. The van der Waals surface area contributed by atoms with Crippen molar-refractivity contribution in [2.75, 3.05) is 0 Å². The van der Waals surface area contributed by atoms with E-state index < -0.39 is 0 Å². The van der Waals surface area contributed by atoms with Gasteiger partial charge in [-0.3, -0.25) is 4.98 Å². The third-order valence-electron chi connectivity index (χ3n) is 3.51. The molecule has 0 amide bonds. The number of nitrogens with one attached hydrogen (secondary N) is 1. The van der Waals surface area contributed by atoms with Crippen LogP contribution in [0.4, 0.5) is 0 Å². The Morgan fingerprint density at radius 1 is 1.11 bits per heavy atom. The molecular formula is C17H22N2. The zero-order chi connectivity index (χ0) is 13.7. The quantitative estimate of drug-likeness (QED) is 0.880. The molecule has 1 N–H and O–H groups in total. The first kappa shape index (κ1) is 13.8. The molecule has 2 nitrogen and oxygen atoms in total. The van der Waals surface area contributed by atoms with Gasteiger partial charge in [-0.15, -0.1) is 0 Å². The fourth-order valence-corrected chi connectivity index (χ4v) is 2.38. The molecule has 0 aliphatic carbocycles. The van der Waals surface area contributed by atoms with Crippen molar-refractivity contribution < 1.29 is 0 Å². The first-order valence-electron chi connectivity index (χ1n) is 6.87. The summed E-state index contributed by atoms with van der Waals surface area (Å²) in [5.41, 5.74) is 4.02. The number of benzene rings is 1. The molecule has 0 saturated carbocycles. The lowest BCUT2D eigenvalue weighted by atomic mass is 10.0. The molecule has 0 saturated heterocycles. The van der Waals surface area contributed by atoms with Crippen molar-refractivity contribution in [3.63, 3.8) is 0 Å². The first-order valence-corrected chi connectivity index (χ1v) is 6.87. The second-order valence-electron chi connectivity index (χ2n) is 5.21. The van der Waals surface area contributed by atoms with Crippen molar-refractivity contribution in [2.24, 2.45) is 0 Å². The number of pyridine rings is 1. The van der Waals surface area contributed by atoms with Gasteiger partial charge < -0.3 is 5.32 Å². The molecule has 1 heterocycles. The van der Waals surface area contributed by atoms with E-state index in [9.17, 15) is 0 Å². The second kappa shape index (κ2) is 6.48. The summed E-state index contributed by atoms with van der Waals surface area (Å²) in [6, 6.07) is 13.5. The molecule has 0 radical (unpaired) electrons. The summed E-state index contributed by atoms with van der Waals surface area (Å²) in [6.45, 7) is 6.59. The van der Waals surface area contributed by atoms with Crippen LogP contribution in [0, 0.1) is 6.92 Å². The Balaban J connectivity index is 1.95. The highest BCUT2D eigenvalue weighted by molar-refractivity contribution is 5.26. The molecule has 1 aromatic carbocycles. The number of aryl methyl sites for hydroxylation is 1. The van der Waals surface area contributed by atoms with E-state index in [1.807, 2.05) is 18.5 Å². The molecular weight excluding hydrogens is 232 g/mol. The number of hydrogen-bond donors (Lipinski definition) is 1. The van der Waals surface area contributed by atoms with Crippen molar-refractivity contribution in [2.45, 2.75) is 39.3 Å². The van der Waals surface area contributed by atoms with Crippen LogP contribution < -0.4 is 5.32 Å². The van der Waals surface area contributed by atoms with Crippen LogP contribution in [-0.4, -0.2) is 11.0 Å². The van der Waals surface area contributed by atoms with Crippen LogP contribution in [0.2, 0.25) is 0 Å². The highest BCUT2D eigenvalue weighted by atomic mass is 14.9. The smallest absolute Gasteiger partial charge is 0.0315 e. The summed E-state index contributed by atoms with van der Waals surface area (Å²) in [7, 11) is 0. The van der Waals surface area contributed by atoms with E-state index in [0.717, 1.165) is 6.42 Å². The Hall–Kier alpha value is -1.67. The Morgan fingerprint density at radius 2 is 1.89 bits per heavy atom. The maximum Gasteiger partial charge on any atom is 0.0315 e. The lowest BCUT2D eigenvalue weighted by Crippen LogP contribution is -2.31. The van der Waals surface area contributed by atoms with Gasteiger partial charge in [-0.25, -0.2) is 0 Å². The summed E-state index contributed by atoms with van der Waals surface area (Å²) >= 11 is 0. The number of nitrogens with zero attached hydrogens (tertiary/aromatic N) is 1. The van der Waals surface area contributed by atoms with Crippen molar-refractivity contribution in [1.29, 1.82) is 0 Å². The predicted octanol–water partition coefficient (Wildman–Crippen LogP) is 3.67. The highest BCUT2D eigenvalue weighted by Crippen LogP contribution is 2.14. The topological polar surface area (TPSA) is 24.9 Å². The normalized spacial score (nSPS) is 14.1. The average Bonchev–Trinajstić information content (AvgIpc) is 2.42. The number of rotatable bonds is 5. The molecule has 0 aliphatic rings. The van der Waals surface area contributed by atoms with Gasteiger partial charge in [0.15, 0.2) is 0 Å². The van der Waals surface area contributed by atoms with Gasteiger partial charge in [-0.1, -0.05) is 30.3 Å². The molecule has 19 heavy (non-hydrogen) atoms. The molecule has 2 heteroatoms. The van der Waals surface area contributed by atoms with E-state index in [1.165, 1.54) is 16.7 Å². The second-order valence-corrected chi connectivity index (χ2v) is 5.21. The Kier molecular flexibility index (Phi) is 4.69. The maximum atomic E-state index is 4.17. The molecule has 2 rings (SSSR count). The van der Waals surface area contributed by atoms with E-state index in [0.29, 0.717) is 12.1 Å². The largest absolute Gasteiger partial charge is 0.307 e. The van der Waals surface area contributed by atoms with E-state index in [2.05, 4.69) is 61.4 Å². The van der Waals surface area contributed by atoms with Gasteiger partial charge in [0.1, 0.15) is 0 Å². The van der Waals surface area contributed by atoms with E-state index in [4.69, 9.17) is 0 Å². The van der Waals surface area contributed by atoms with Gasteiger partial charge in [0.05, 0.1) is 0 Å². The Bertz CT molecular complexity index is 508. The van der Waals surface area contributed by atoms with Crippen LogP contribution in [0.5, 0.6) is 0 Å². The summed E-state index contributed by atoms with van der Waals surface area (Å²) in [5.74, 6) is 0. The highest BCUT2D eigenvalue weighted by Gasteiger charge is 2.10. The van der Waals surface area contributed by atoms with Crippen LogP contribution in [-0.2, 0) is 6.42 Å². The molecule has 0 fully saturated rings. The van der Waals surface area contributed by atoms with Gasteiger partial charge >= 0.3 is 0 Å². The zero-order valence-corrected chi connectivity index (χ0v) is 11.9. The standard InChI is InChI=1S/C17H22N2/c1-13-7-4-5-8-16(13)11-14(2)19-15(3)17-9-6-10-18-12-17/h4-10,12,14-15,19H,11H2,1-3H3. The van der Waals surface area contributed by atoms with Crippen molar-refractivity contribution in [3.8, 4) is 0 Å². The van der Waals surface area contributed by atoms with Crippen molar-refractivity contribution >= 4 is 0 Å². The monoisotopic (exact) mass is 254 g/mol. The third kappa shape index (κ3) is 3.90. The third-order valence-corrected chi connectivity index (χ3v) is 3.51. The summed E-state index contributed by atoms with van der Waals surface area (Å²) < 4.78 is 0. The predicted molar refractivity (Wildman–Crippen MR) is 80.1 cm³/mol. The summed E-state index contributed by atoms with van der Waals surface area (Å²) in [4.78, 5) is 4.17. The van der Waals surface area contributed by atoms with E-state index in [1.54, 1.807) is 0 Å². The molecule has 0 aliphatic heterocycles. The first-order chi connectivity index (χ1) is 9.16. The number of aromatic nitrogens is 1. The lowest BCUT2D eigenvalue weighted by Gasteiger charge is -2.21. The molecule has 100 valence electrons. The van der Waals surface area contributed by atoms with Crippen LogP contribution in [0.1, 0.15) is 36.6 Å². The van der Waals surface area contributed by atoms with Gasteiger partial charge in [-0.05, 0) is 49.9 Å². The summed E-state index contributed by atoms with van der Waals surface area (Å²) in [5, 5.41) is 3.63. The van der Waals surface area contributed by atoms with E-state index >= 15 is 0 Å². The molecule has 2 unspecified atom stereocenters. The van der Waals surface area contributed by atoms with Gasteiger partial charge in [0.25, 0.3) is 0 Å².